The van der Waals surface area contributed by atoms with Gasteiger partial charge in [-0.05, 0) is 12.1 Å². The van der Waals surface area contributed by atoms with Crippen LogP contribution in [-0.2, 0) is 14.8 Å². The number of rotatable bonds is 10. The highest BCUT2D eigenvalue weighted by Crippen LogP contribution is 2.17. The van der Waals surface area contributed by atoms with E-state index < -0.39 is 10.0 Å². The van der Waals surface area contributed by atoms with E-state index in [1.807, 2.05) is 24.3 Å². The van der Waals surface area contributed by atoms with Crippen molar-refractivity contribution >= 4 is 33.4 Å². The number of thioether (sulfide) groups is 1. The van der Waals surface area contributed by atoms with Gasteiger partial charge in [0, 0.05) is 70.1 Å². The Hall–Kier alpha value is -1.49. The Balaban J connectivity index is 1.80. The number of guanidine groups is 1. The summed E-state index contributed by atoms with van der Waals surface area (Å²) in [6.07, 6.45) is 0.821. The Bertz CT molecular complexity index is 722. The molecule has 1 saturated heterocycles. The third-order valence-corrected chi connectivity index (χ3v) is 6.91. The van der Waals surface area contributed by atoms with Gasteiger partial charge in [0.1, 0.15) is 5.75 Å². The van der Waals surface area contributed by atoms with Gasteiger partial charge in [0.05, 0.1) is 12.4 Å². The Morgan fingerprint density at radius 3 is 2.79 bits per heavy atom. The van der Waals surface area contributed by atoms with Crippen LogP contribution < -0.4 is 15.4 Å². The van der Waals surface area contributed by atoms with Crippen molar-refractivity contribution < 1.29 is 17.9 Å². The van der Waals surface area contributed by atoms with Gasteiger partial charge in [-0.15, -0.1) is 0 Å². The van der Waals surface area contributed by atoms with E-state index in [9.17, 15) is 8.42 Å². The highest BCUT2D eigenvalue weighted by Gasteiger charge is 2.23. The normalized spacial score (nSPS) is 16.0. The molecule has 0 amide bonds. The smallest absolute Gasteiger partial charge is 0.215 e. The molecule has 1 aromatic carbocycles. The molecule has 0 aliphatic carbocycles. The standard InChI is InChI=1S/C18H30N4O4S2/c1-19-18(20-7-14-28(23,24)22-8-12-27-13-9-22)21-16-5-3-6-17(15-16)26-11-4-10-25-2/h3,5-6,15H,4,7-14H2,1-2H3,(H2,19,20,21). The zero-order chi connectivity index (χ0) is 20.2. The van der Waals surface area contributed by atoms with Crippen molar-refractivity contribution in [3.8, 4) is 5.75 Å². The lowest BCUT2D eigenvalue weighted by Gasteiger charge is -2.25. The molecule has 8 nitrogen and oxygen atoms in total. The van der Waals surface area contributed by atoms with Gasteiger partial charge < -0.3 is 20.1 Å². The summed E-state index contributed by atoms with van der Waals surface area (Å²) in [5.74, 6) is 3.03. The van der Waals surface area contributed by atoms with Crippen molar-refractivity contribution in [3.63, 3.8) is 0 Å². The molecule has 0 aromatic heterocycles. The van der Waals surface area contributed by atoms with Gasteiger partial charge in [0.25, 0.3) is 0 Å². The lowest BCUT2D eigenvalue weighted by molar-refractivity contribution is 0.172. The number of nitrogens with one attached hydrogen (secondary N) is 2. The van der Waals surface area contributed by atoms with Gasteiger partial charge in [0.2, 0.25) is 10.0 Å². The molecule has 0 saturated carbocycles. The summed E-state index contributed by atoms with van der Waals surface area (Å²) in [4.78, 5) is 4.16. The summed E-state index contributed by atoms with van der Waals surface area (Å²) in [5, 5.41) is 6.22. The van der Waals surface area contributed by atoms with Crippen LogP contribution in [0.25, 0.3) is 0 Å². The van der Waals surface area contributed by atoms with E-state index in [2.05, 4.69) is 15.6 Å². The zero-order valence-corrected chi connectivity index (χ0v) is 18.2. The summed E-state index contributed by atoms with van der Waals surface area (Å²) < 4.78 is 37.1. The number of methoxy groups -OCH3 is 1. The molecule has 1 heterocycles. The first kappa shape index (κ1) is 22.8. The summed E-state index contributed by atoms with van der Waals surface area (Å²) in [5.41, 5.74) is 0.813. The summed E-state index contributed by atoms with van der Waals surface area (Å²) >= 11 is 1.79. The van der Waals surface area contributed by atoms with E-state index in [-0.39, 0.29) is 5.75 Å². The van der Waals surface area contributed by atoms with Gasteiger partial charge in [-0.3, -0.25) is 4.99 Å². The van der Waals surface area contributed by atoms with Crippen LogP contribution in [0, 0.1) is 0 Å². The first-order chi connectivity index (χ1) is 13.5. The van der Waals surface area contributed by atoms with E-state index in [4.69, 9.17) is 9.47 Å². The Kier molecular flexibility index (Phi) is 9.89. The van der Waals surface area contributed by atoms with Gasteiger partial charge in [-0.25, -0.2) is 12.7 Å². The van der Waals surface area contributed by atoms with Crippen molar-refractivity contribution in [1.82, 2.24) is 9.62 Å². The van der Waals surface area contributed by atoms with Crippen molar-refractivity contribution in [2.45, 2.75) is 6.42 Å². The van der Waals surface area contributed by atoms with Crippen molar-refractivity contribution in [2.75, 3.05) is 69.6 Å². The number of ether oxygens (including phenoxy) is 2. The number of hydrogen-bond acceptors (Lipinski definition) is 6. The third-order valence-electron chi connectivity index (χ3n) is 4.10. The summed E-state index contributed by atoms with van der Waals surface area (Å²) in [6, 6.07) is 7.55. The molecule has 0 bridgehead atoms. The lowest BCUT2D eigenvalue weighted by Crippen LogP contribution is -2.42. The fourth-order valence-electron chi connectivity index (χ4n) is 2.63. The molecule has 0 spiro atoms. The fraction of sp³-hybridized carbons (Fsp3) is 0.611. The van der Waals surface area contributed by atoms with Crippen LogP contribution in [0.4, 0.5) is 5.69 Å². The molecule has 1 aromatic rings. The van der Waals surface area contributed by atoms with Gasteiger partial charge >= 0.3 is 0 Å². The number of benzene rings is 1. The summed E-state index contributed by atoms with van der Waals surface area (Å²) in [6.45, 7) is 2.72. The van der Waals surface area contributed by atoms with Crippen LogP contribution in [0.2, 0.25) is 0 Å². The second-order valence-electron chi connectivity index (χ2n) is 6.17. The van der Waals surface area contributed by atoms with Crippen LogP contribution in [0.5, 0.6) is 5.75 Å². The topological polar surface area (TPSA) is 92.3 Å². The Labute approximate surface area is 172 Å². The fourth-order valence-corrected chi connectivity index (χ4v) is 5.12. The molecule has 0 radical (unpaired) electrons. The maximum Gasteiger partial charge on any atom is 0.215 e. The zero-order valence-electron chi connectivity index (χ0n) is 16.5. The van der Waals surface area contributed by atoms with Crippen molar-refractivity contribution in [1.29, 1.82) is 0 Å². The summed E-state index contributed by atoms with van der Waals surface area (Å²) in [7, 11) is 0.0789. The van der Waals surface area contributed by atoms with Crippen LogP contribution in [0.1, 0.15) is 6.42 Å². The molecular formula is C18H30N4O4S2. The molecule has 158 valence electrons. The molecular weight excluding hydrogens is 400 g/mol. The maximum absolute atomic E-state index is 12.4. The molecule has 0 unspecified atom stereocenters. The average Bonchev–Trinajstić information content (AvgIpc) is 2.71. The van der Waals surface area contributed by atoms with Crippen LogP contribution >= 0.6 is 11.8 Å². The molecule has 28 heavy (non-hydrogen) atoms. The van der Waals surface area contributed by atoms with Gasteiger partial charge in [0.15, 0.2) is 5.96 Å². The van der Waals surface area contributed by atoms with Crippen molar-refractivity contribution in [2.24, 2.45) is 4.99 Å². The SMILES string of the molecule is CN=C(NCCS(=O)(=O)N1CCSCC1)Nc1cccc(OCCCOC)c1. The van der Waals surface area contributed by atoms with E-state index in [1.165, 1.54) is 0 Å². The molecule has 2 rings (SSSR count). The first-order valence-electron chi connectivity index (χ1n) is 9.30. The number of nitrogens with zero attached hydrogens (tertiary/aromatic N) is 2. The third kappa shape index (κ3) is 7.86. The van der Waals surface area contributed by atoms with E-state index in [0.717, 1.165) is 29.4 Å². The number of anilines is 1. The monoisotopic (exact) mass is 430 g/mol. The molecule has 10 heteroatoms. The van der Waals surface area contributed by atoms with Crippen molar-refractivity contribution in [3.05, 3.63) is 24.3 Å². The van der Waals surface area contributed by atoms with E-state index in [1.54, 1.807) is 30.2 Å². The highest BCUT2D eigenvalue weighted by atomic mass is 32.2. The number of aliphatic imine (C=N–C) groups is 1. The lowest BCUT2D eigenvalue weighted by atomic mass is 10.3. The number of hydrogen-bond donors (Lipinski definition) is 2. The van der Waals surface area contributed by atoms with Gasteiger partial charge in [-0.2, -0.15) is 11.8 Å². The molecule has 1 aliphatic rings. The quantitative estimate of drug-likeness (QED) is 0.330. The largest absolute Gasteiger partial charge is 0.493 e. The maximum atomic E-state index is 12.4. The second-order valence-corrected chi connectivity index (χ2v) is 9.49. The minimum absolute atomic E-state index is 0.0427. The molecule has 1 fully saturated rings. The van der Waals surface area contributed by atoms with E-state index in [0.29, 0.717) is 38.8 Å². The minimum atomic E-state index is -3.24. The Morgan fingerprint density at radius 2 is 2.07 bits per heavy atom. The molecule has 0 atom stereocenters. The second kappa shape index (κ2) is 12.2. The first-order valence-corrected chi connectivity index (χ1v) is 12.1. The molecule has 2 N–H and O–H groups in total. The van der Waals surface area contributed by atoms with E-state index >= 15 is 0 Å². The Morgan fingerprint density at radius 1 is 1.29 bits per heavy atom. The average molecular weight is 431 g/mol. The highest BCUT2D eigenvalue weighted by molar-refractivity contribution is 7.99. The van der Waals surface area contributed by atoms with Crippen LogP contribution in [0.15, 0.2) is 29.3 Å². The predicted molar refractivity (Wildman–Crippen MR) is 116 cm³/mol. The van der Waals surface area contributed by atoms with Crippen LogP contribution in [0.3, 0.4) is 0 Å². The predicted octanol–water partition coefficient (Wildman–Crippen LogP) is 1.47. The van der Waals surface area contributed by atoms with Crippen LogP contribution in [-0.4, -0.2) is 82.9 Å². The molecule has 1 aliphatic heterocycles. The minimum Gasteiger partial charge on any atom is -0.493 e. The van der Waals surface area contributed by atoms with Gasteiger partial charge in [-0.1, -0.05) is 6.07 Å². The number of sulfonamides is 1.